The number of anilines is 1. The van der Waals surface area contributed by atoms with Crippen LogP contribution in [-0.2, 0) is 0 Å². The van der Waals surface area contributed by atoms with E-state index >= 15 is 0 Å². The lowest BCUT2D eigenvalue weighted by atomic mass is 10.2. The number of carbonyl (C=O) groups is 1. The van der Waals surface area contributed by atoms with Crippen LogP contribution in [0.5, 0.6) is 0 Å². The number of rotatable bonds is 2. The molecule has 0 saturated heterocycles. The highest BCUT2D eigenvalue weighted by molar-refractivity contribution is 7.80. The predicted molar refractivity (Wildman–Crippen MR) is 78.1 cm³/mol. The van der Waals surface area contributed by atoms with Crippen molar-refractivity contribution in [1.29, 1.82) is 0 Å². The van der Waals surface area contributed by atoms with E-state index < -0.39 is 11.7 Å². The Morgan fingerprint density at radius 1 is 1.16 bits per heavy atom. The van der Waals surface area contributed by atoms with Crippen molar-refractivity contribution in [2.75, 3.05) is 5.32 Å². The molecule has 0 aliphatic rings. The Kier molecular flexibility index (Phi) is 4.34. The van der Waals surface area contributed by atoms with Crippen LogP contribution in [0.3, 0.4) is 0 Å². The first-order valence-corrected chi connectivity index (χ1v) is 6.42. The standard InChI is InChI=1S/C13H8Cl2FNOS/c14-8-2-3-9(15)11(6-8)17-13(18)7-1-4-10(16)12(19)5-7/h1-6,19H,(H,17,18). The minimum atomic E-state index is -0.485. The Labute approximate surface area is 124 Å². The molecule has 2 rings (SSSR count). The van der Waals surface area contributed by atoms with Gasteiger partial charge >= 0.3 is 0 Å². The molecule has 0 unspecified atom stereocenters. The molecular weight excluding hydrogens is 308 g/mol. The molecule has 1 amide bonds. The summed E-state index contributed by atoms with van der Waals surface area (Å²) in [5.41, 5.74) is 0.673. The molecule has 0 fully saturated rings. The van der Waals surface area contributed by atoms with Crippen molar-refractivity contribution >= 4 is 47.4 Å². The predicted octanol–water partition coefficient (Wildman–Crippen LogP) is 4.67. The van der Waals surface area contributed by atoms with Gasteiger partial charge in [-0.15, -0.1) is 12.6 Å². The maximum absolute atomic E-state index is 13.1. The quantitative estimate of drug-likeness (QED) is 0.774. The van der Waals surface area contributed by atoms with E-state index in [1.54, 1.807) is 12.1 Å². The van der Waals surface area contributed by atoms with Crippen molar-refractivity contribution in [2.45, 2.75) is 4.90 Å². The molecule has 6 heteroatoms. The first kappa shape index (κ1) is 14.2. The fourth-order valence-corrected chi connectivity index (χ4v) is 1.99. The number of thiol groups is 1. The van der Waals surface area contributed by atoms with Crippen LogP contribution in [0.2, 0.25) is 10.0 Å². The van der Waals surface area contributed by atoms with E-state index in [1.807, 2.05) is 0 Å². The van der Waals surface area contributed by atoms with Crippen LogP contribution in [0.1, 0.15) is 10.4 Å². The molecule has 0 aromatic heterocycles. The third-order valence-electron chi connectivity index (χ3n) is 2.38. The fourth-order valence-electron chi connectivity index (χ4n) is 1.44. The van der Waals surface area contributed by atoms with Gasteiger partial charge in [-0.2, -0.15) is 0 Å². The van der Waals surface area contributed by atoms with Gasteiger partial charge in [-0.1, -0.05) is 23.2 Å². The van der Waals surface area contributed by atoms with Crippen molar-refractivity contribution < 1.29 is 9.18 Å². The number of nitrogens with one attached hydrogen (secondary N) is 1. The third kappa shape index (κ3) is 3.41. The molecule has 0 heterocycles. The molecule has 19 heavy (non-hydrogen) atoms. The second-order valence-electron chi connectivity index (χ2n) is 3.74. The monoisotopic (exact) mass is 315 g/mol. The topological polar surface area (TPSA) is 29.1 Å². The van der Waals surface area contributed by atoms with Gasteiger partial charge in [0, 0.05) is 15.5 Å². The van der Waals surface area contributed by atoms with Gasteiger partial charge in [0.15, 0.2) is 0 Å². The van der Waals surface area contributed by atoms with Gasteiger partial charge in [0.2, 0.25) is 0 Å². The van der Waals surface area contributed by atoms with E-state index in [1.165, 1.54) is 24.3 Å². The lowest BCUT2D eigenvalue weighted by Gasteiger charge is -2.08. The minimum absolute atomic E-state index is 0.102. The van der Waals surface area contributed by atoms with E-state index in [0.717, 1.165) is 0 Å². The summed E-state index contributed by atoms with van der Waals surface area (Å²) in [5, 5.41) is 3.42. The SMILES string of the molecule is O=C(Nc1cc(Cl)ccc1Cl)c1ccc(F)c(S)c1. The largest absolute Gasteiger partial charge is 0.321 e. The zero-order valence-electron chi connectivity index (χ0n) is 9.45. The van der Waals surface area contributed by atoms with Crippen LogP contribution in [0.25, 0.3) is 0 Å². The molecule has 2 aromatic carbocycles. The number of carbonyl (C=O) groups excluding carboxylic acids is 1. The lowest BCUT2D eigenvalue weighted by Crippen LogP contribution is -2.12. The highest BCUT2D eigenvalue weighted by atomic mass is 35.5. The first-order valence-electron chi connectivity index (χ1n) is 5.22. The molecular formula is C13H8Cl2FNOS. The van der Waals surface area contributed by atoms with E-state index in [4.69, 9.17) is 23.2 Å². The van der Waals surface area contributed by atoms with Crippen molar-refractivity contribution in [3.05, 3.63) is 57.8 Å². The molecule has 0 radical (unpaired) electrons. The Morgan fingerprint density at radius 3 is 2.58 bits per heavy atom. The van der Waals surface area contributed by atoms with Gasteiger partial charge in [0.05, 0.1) is 10.7 Å². The first-order chi connectivity index (χ1) is 8.97. The molecule has 1 N–H and O–H groups in total. The van der Waals surface area contributed by atoms with Gasteiger partial charge in [0.25, 0.3) is 5.91 Å². The molecule has 2 aromatic rings. The van der Waals surface area contributed by atoms with Gasteiger partial charge in [-0.05, 0) is 36.4 Å². The van der Waals surface area contributed by atoms with E-state index in [-0.39, 0.29) is 10.5 Å². The zero-order chi connectivity index (χ0) is 14.0. The molecule has 0 aliphatic carbocycles. The summed E-state index contributed by atoms with van der Waals surface area (Å²) in [6, 6.07) is 8.61. The molecule has 98 valence electrons. The smallest absolute Gasteiger partial charge is 0.255 e. The highest BCUT2D eigenvalue weighted by Gasteiger charge is 2.10. The second kappa shape index (κ2) is 5.82. The van der Waals surface area contributed by atoms with Gasteiger partial charge < -0.3 is 5.32 Å². The third-order valence-corrected chi connectivity index (χ3v) is 3.29. The molecule has 2 nitrogen and oxygen atoms in total. The second-order valence-corrected chi connectivity index (χ2v) is 5.07. The molecule has 0 saturated carbocycles. The summed E-state index contributed by atoms with van der Waals surface area (Å²) < 4.78 is 13.1. The summed E-state index contributed by atoms with van der Waals surface area (Å²) in [4.78, 5) is 12.1. The summed E-state index contributed by atoms with van der Waals surface area (Å²) in [7, 11) is 0. The maximum Gasteiger partial charge on any atom is 0.255 e. The van der Waals surface area contributed by atoms with Crippen LogP contribution in [0.15, 0.2) is 41.3 Å². The van der Waals surface area contributed by atoms with E-state index in [0.29, 0.717) is 15.7 Å². The van der Waals surface area contributed by atoms with Crippen LogP contribution >= 0.6 is 35.8 Å². The number of amides is 1. The van der Waals surface area contributed by atoms with Gasteiger partial charge in [-0.25, -0.2) is 4.39 Å². The van der Waals surface area contributed by atoms with Crippen molar-refractivity contribution in [3.63, 3.8) is 0 Å². The summed E-state index contributed by atoms with van der Waals surface area (Å²) in [6.45, 7) is 0. The fraction of sp³-hybridized carbons (Fsp3) is 0. The Bertz CT molecular complexity index is 649. The zero-order valence-corrected chi connectivity index (χ0v) is 11.9. The summed E-state index contributed by atoms with van der Waals surface area (Å²) >= 11 is 15.7. The highest BCUT2D eigenvalue weighted by Crippen LogP contribution is 2.26. The van der Waals surface area contributed by atoms with Crippen LogP contribution in [0, 0.1) is 5.82 Å². The number of benzene rings is 2. The minimum Gasteiger partial charge on any atom is -0.321 e. The Balaban J connectivity index is 2.25. The van der Waals surface area contributed by atoms with Crippen LogP contribution in [0.4, 0.5) is 10.1 Å². The number of hydrogen-bond donors (Lipinski definition) is 2. The normalized spacial score (nSPS) is 10.3. The molecule has 0 bridgehead atoms. The summed E-state index contributed by atoms with van der Waals surface area (Å²) in [5.74, 6) is -0.903. The summed E-state index contributed by atoms with van der Waals surface area (Å²) in [6.07, 6.45) is 0. The van der Waals surface area contributed by atoms with Crippen LogP contribution < -0.4 is 5.32 Å². The molecule has 0 aliphatic heterocycles. The van der Waals surface area contributed by atoms with Crippen molar-refractivity contribution in [1.82, 2.24) is 0 Å². The van der Waals surface area contributed by atoms with Crippen molar-refractivity contribution in [3.8, 4) is 0 Å². The Morgan fingerprint density at radius 2 is 1.89 bits per heavy atom. The molecule has 0 spiro atoms. The average molecular weight is 316 g/mol. The van der Waals surface area contributed by atoms with Gasteiger partial charge in [0.1, 0.15) is 5.82 Å². The molecule has 0 atom stereocenters. The van der Waals surface area contributed by atoms with E-state index in [2.05, 4.69) is 17.9 Å². The van der Waals surface area contributed by atoms with Gasteiger partial charge in [-0.3, -0.25) is 4.79 Å². The Hall–Kier alpha value is -1.23. The number of halogens is 3. The maximum atomic E-state index is 13.1. The van der Waals surface area contributed by atoms with Crippen molar-refractivity contribution in [2.24, 2.45) is 0 Å². The average Bonchev–Trinajstić information content (AvgIpc) is 2.37. The van der Waals surface area contributed by atoms with E-state index in [9.17, 15) is 9.18 Å². The number of hydrogen-bond acceptors (Lipinski definition) is 2. The lowest BCUT2D eigenvalue weighted by molar-refractivity contribution is 0.102. The van der Waals surface area contributed by atoms with Crippen LogP contribution in [-0.4, -0.2) is 5.91 Å².